The number of aryl methyl sites for hydroxylation is 1. The number of ether oxygens (including phenoxy) is 5. The van der Waals surface area contributed by atoms with Crippen LogP contribution in [0.3, 0.4) is 0 Å². The van der Waals surface area contributed by atoms with Gasteiger partial charge in [-0.25, -0.2) is 4.79 Å². The fourth-order valence-electron chi connectivity index (χ4n) is 6.01. The molecule has 212 valence electrons. The molecule has 0 radical (unpaired) electrons. The minimum absolute atomic E-state index is 0.0355. The molecule has 5 aromatic carbocycles. The monoisotopic (exact) mass is 562 g/mol. The summed E-state index contributed by atoms with van der Waals surface area (Å²) in [6.07, 6.45) is -0.0355. The van der Waals surface area contributed by atoms with Crippen molar-refractivity contribution in [2.24, 2.45) is 0 Å². The van der Waals surface area contributed by atoms with Gasteiger partial charge in [0, 0.05) is 16.5 Å². The number of rotatable bonds is 6. The molecular weight excluding hydrogens is 532 g/mol. The van der Waals surface area contributed by atoms with E-state index < -0.39 is 11.6 Å². The van der Waals surface area contributed by atoms with Crippen molar-refractivity contribution in [1.82, 2.24) is 0 Å². The molecule has 0 saturated carbocycles. The number of carbonyl (C=O) groups excluding carboxylic acids is 2. The second-order valence-electron chi connectivity index (χ2n) is 10.3. The molecule has 0 aromatic heterocycles. The number of carbonyl (C=O) groups is 2. The molecule has 6 rings (SSSR count). The van der Waals surface area contributed by atoms with Gasteiger partial charge in [-0.3, -0.25) is 4.79 Å². The number of hydrogen-bond donors (Lipinski definition) is 0. The van der Waals surface area contributed by atoms with Crippen molar-refractivity contribution in [3.05, 3.63) is 107 Å². The maximum absolute atomic E-state index is 14.4. The third kappa shape index (κ3) is 4.12. The Labute approximate surface area is 243 Å². The number of methoxy groups -OCH3 is 4. The summed E-state index contributed by atoms with van der Waals surface area (Å²) in [6.45, 7) is 1.84. The summed E-state index contributed by atoms with van der Waals surface area (Å²) < 4.78 is 28.6. The largest absolute Gasteiger partial charge is 0.497 e. The Balaban J connectivity index is 1.72. The summed E-state index contributed by atoms with van der Waals surface area (Å²) in [7, 11) is 6.15. The topological polar surface area (TPSA) is 80.3 Å². The van der Waals surface area contributed by atoms with Crippen LogP contribution in [0.2, 0.25) is 0 Å². The van der Waals surface area contributed by atoms with Gasteiger partial charge >= 0.3 is 5.97 Å². The highest BCUT2D eigenvalue weighted by Crippen LogP contribution is 2.51. The van der Waals surface area contributed by atoms with E-state index >= 15 is 0 Å². The van der Waals surface area contributed by atoms with E-state index in [2.05, 4.69) is 0 Å². The van der Waals surface area contributed by atoms with E-state index in [-0.39, 0.29) is 23.3 Å². The van der Waals surface area contributed by atoms with Crippen molar-refractivity contribution < 1.29 is 33.3 Å². The normalized spacial score (nSPS) is 13.8. The second kappa shape index (κ2) is 10.4. The zero-order valence-corrected chi connectivity index (χ0v) is 24.1. The number of esters is 1. The molecule has 7 nitrogen and oxygen atoms in total. The Hall–Kier alpha value is -5.04. The van der Waals surface area contributed by atoms with E-state index in [9.17, 15) is 9.59 Å². The molecule has 0 aliphatic carbocycles. The molecule has 1 aliphatic rings. The van der Waals surface area contributed by atoms with Crippen LogP contribution in [-0.4, -0.2) is 40.2 Å². The van der Waals surface area contributed by atoms with Gasteiger partial charge in [-0.15, -0.1) is 0 Å². The first-order chi connectivity index (χ1) is 20.3. The summed E-state index contributed by atoms with van der Waals surface area (Å²) in [5.74, 6) is 1.61. The Bertz CT molecular complexity index is 1810. The average Bonchev–Trinajstić information content (AvgIpc) is 3.04. The van der Waals surface area contributed by atoms with Crippen molar-refractivity contribution in [3.63, 3.8) is 0 Å². The predicted octanol–water partition coefficient (Wildman–Crippen LogP) is 7.02. The van der Waals surface area contributed by atoms with Gasteiger partial charge in [0.25, 0.3) is 0 Å². The van der Waals surface area contributed by atoms with Crippen LogP contribution in [0, 0.1) is 6.92 Å². The molecule has 0 bridgehead atoms. The maximum Gasteiger partial charge on any atom is 0.339 e. The zero-order valence-electron chi connectivity index (χ0n) is 24.1. The molecule has 0 unspecified atom stereocenters. The van der Waals surface area contributed by atoms with E-state index in [0.29, 0.717) is 28.6 Å². The summed E-state index contributed by atoms with van der Waals surface area (Å²) in [6, 6.07) is 24.7. The Morgan fingerprint density at radius 1 is 0.738 bits per heavy atom. The van der Waals surface area contributed by atoms with Crippen LogP contribution in [0.5, 0.6) is 23.0 Å². The molecule has 0 saturated heterocycles. The van der Waals surface area contributed by atoms with E-state index in [1.807, 2.05) is 85.8 Å². The number of Topliss-reactive ketones (excluding diaryl/α,β-unsaturated/α-hetero) is 1. The molecule has 42 heavy (non-hydrogen) atoms. The van der Waals surface area contributed by atoms with Crippen molar-refractivity contribution in [3.8, 4) is 23.0 Å². The standard InChI is InChI=1S/C35H30O7/c1-20-27-16-6-21-18-26(40-4)15-17-28(21)31(27)33-32(30(20)34(37)41-5)29(36)19-35(42-33,22-7-11-24(38-2)12-8-22)23-9-13-25(39-3)14-10-23/h6-18H,19H2,1-5H3. The molecule has 0 fully saturated rings. The van der Waals surface area contributed by atoms with Crippen molar-refractivity contribution in [1.29, 1.82) is 0 Å². The first kappa shape index (κ1) is 27.1. The highest BCUT2D eigenvalue weighted by Gasteiger charge is 2.46. The van der Waals surface area contributed by atoms with Gasteiger partial charge in [0.15, 0.2) is 11.4 Å². The summed E-state index contributed by atoms with van der Waals surface area (Å²) >= 11 is 0. The third-order valence-electron chi connectivity index (χ3n) is 8.18. The summed E-state index contributed by atoms with van der Waals surface area (Å²) in [5, 5.41) is 3.32. The third-order valence-corrected chi connectivity index (χ3v) is 8.18. The highest BCUT2D eigenvalue weighted by atomic mass is 16.5. The first-order valence-corrected chi connectivity index (χ1v) is 13.5. The molecule has 0 spiro atoms. The molecule has 5 aromatic rings. The van der Waals surface area contributed by atoms with Crippen LogP contribution >= 0.6 is 0 Å². The Kier molecular flexibility index (Phi) is 6.73. The summed E-state index contributed by atoms with van der Waals surface area (Å²) in [4.78, 5) is 27.6. The molecule has 0 atom stereocenters. The van der Waals surface area contributed by atoms with E-state index in [1.165, 1.54) is 7.11 Å². The van der Waals surface area contributed by atoms with Crippen molar-refractivity contribution >= 4 is 33.3 Å². The van der Waals surface area contributed by atoms with Gasteiger partial charge < -0.3 is 23.7 Å². The minimum Gasteiger partial charge on any atom is -0.497 e. The van der Waals surface area contributed by atoms with Crippen molar-refractivity contribution in [2.75, 3.05) is 28.4 Å². The Morgan fingerprint density at radius 3 is 1.83 bits per heavy atom. The Morgan fingerprint density at radius 2 is 1.29 bits per heavy atom. The lowest BCUT2D eigenvalue weighted by Gasteiger charge is -2.40. The van der Waals surface area contributed by atoms with E-state index in [0.717, 1.165) is 32.7 Å². The molecule has 1 aliphatic heterocycles. The smallest absolute Gasteiger partial charge is 0.339 e. The van der Waals surface area contributed by atoms with Crippen LogP contribution in [0.25, 0.3) is 21.5 Å². The predicted molar refractivity (Wildman–Crippen MR) is 160 cm³/mol. The molecular formula is C35H30O7. The van der Waals surface area contributed by atoms with Gasteiger partial charge in [-0.2, -0.15) is 0 Å². The maximum atomic E-state index is 14.4. The first-order valence-electron chi connectivity index (χ1n) is 13.5. The van der Waals surface area contributed by atoms with Crippen LogP contribution in [0.1, 0.15) is 43.8 Å². The number of fused-ring (bicyclic) bond motifs is 5. The summed E-state index contributed by atoms with van der Waals surface area (Å²) in [5.41, 5.74) is 1.44. The van der Waals surface area contributed by atoms with E-state index in [1.54, 1.807) is 21.3 Å². The minimum atomic E-state index is -1.20. The average molecular weight is 563 g/mol. The van der Waals surface area contributed by atoms with Crippen molar-refractivity contribution in [2.45, 2.75) is 18.9 Å². The lowest BCUT2D eigenvalue weighted by atomic mass is 9.76. The molecule has 0 N–H and O–H groups in total. The van der Waals surface area contributed by atoms with Gasteiger partial charge in [0.05, 0.1) is 46.0 Å². The molecule has 1 heterocycles. The van der Waals surface area contributed by atoms with Gasteiger partial charge in [-0.05, 0) is 71.1 Å². The van der Waals surface area contributed by atoms with Gasteiger partial charge in [0.2, 0.25) is 0 Å². The zero-order chi connectivity index (χ0) is 29.6. The van der Waals surface area contributed by atoms with Crippen LogP contribution < -0.4 is 18.9 Å². The fourth-order valence-corrected chi connectivity index (χ4v) is 6.01. The van der Waals surface area contributed by atoms with Crippen LogP contribution in [-0.2, 0) is 10.3 Å². The number of hydrogen-bond acceptors (Lipinski definition) is 7. The second-order valence-corrected chi connectivity index (χ2v) is 10.3. The fraction of sp³-hybridized carbons (Fsp3) is 0.200. The molecule has 0 amide bonds. The number of benzene rings is 5. The SMILES string of the molecule is COC(=O)c1c2c(c3c(ccc4cc(OC)ccc43)c1C)OC(c1ccc(OC)cc1)(c1ccc(OC)cc1)CC2=O. The van der Waals surface area contributed by atoms with Gasteiger partial charge in [0.1, 0.15) is 23.0 Å². The van der Waals surface area contributed by atoms with E-state index in [4.69, 9.17) is 23.7 Å². The lowest BCUT2D eigenvalue weighted by Crippen LogP contribution is -2.41. The van der Waals surface area contributed by atoms with Crippen LogP contribution in [0.4, 0.5) is 0 Å². The van der Waals surface area contributed by atoms with Crippen LogP contribution in [0.15, 0.2) is 78.9 Å². The number of ketones is 1. The lowest BCUT2D eigenvalue weighted by molar-refractivity contribution is 0.0556. The molecule has 7 heteroatoms. The quantitative estimate of drug-likeness (QED) is 0.162. The van der Waals surface area contributed by atoms with Gasteiger partial charge in [-0.1, -0.05) is 36.4 Å². The highest BCUT2D eigenvalue weighted by molar-refractivity contribution is 6.21.